The molecule has 0 aromatic rings. The molecule has 4 fully saturated rings. The molecule has 0 spiro atoms. The minimum Gasteiger partial charge on any atom is -0.394 e. The maximum Gasteiger partial charge on any atom is 0.187 e. The summed E-state index contributed by atoms with van der Waals surface area (Å²) >= 11 is 0. The molecule has 0 aromatic carbocycles. The third-order valence-corrected chi connectivity index (χ3v) is 13.8. The molecule has 15 atom stereocenters. The molecule has 1 saturated heterocycles. The van der Waals surface area contributed by atoms with Crippen LogP contribution in [0.4, 0.5) is 0 Å². The smallest absolute Gasteiger partial charge is 0.187 e. The molecule has 0 aromatic heterocycles. The number of aliphatic hydroxyl groups excluding tert-OH is 7. The molecule has 3 saturated carbocycles. The lowest BCUT2D eigenvalue weighted by Gasteiger charge is -2.65. The monoisotopic (exact) mass is 666 g/mol. The number of aliphatic hydroxyl groups is 8. The Morgan fingerprint density at radius 3 is 2.32 bits per heavy atom. The molecule has 3 unspecified atom stereocenters. The number of ketones is 1. The van der Waals surface area contributed by atoms with E-state index >= 15 is 0 Å². The molecule has 0 amide bonds. The summed E-state index contributed by atoms with van der Waals surface area (Å²) in [6.07, 6.45) is -3.79. The highest BCUT2D eigenvalue weighted by molar-refractivity contribution is 5.88. The van der Waals surface area contributed by atoms with Gasteiger partial charge in [0.1, 0.15) is 30.2 Å². The van der Waals surface area contributed by atoms with Crippen LogP contribution < -0.4 is 0 Å². The molecule has 8 N–H and O–H groups in total. The Morgan fingerprint density at radius 2 is 1.70 bits per heavy atom. The van der Waals surface area contributed by atoms with Gasteiger partial charge in [-0.15, -0.1) is 0 Å². The number of ether oxygens (including phenoxy) is 2. The fraction of sp³-hybridized carbons (Fsp3) is 0.861. The molecule has 5 aliphatic rings. The third kappa shape index (κ3) is 5.52. The van der Waals surface area contributed by atoms with Crippen molar-refractivity contribution in [2.45, 2.75) is 142 Å². The van der Waals surface area contributed by atoms with Gasteiger partial charge in [-0.3, -0.25) is 4.79 Å². The Hall–Kier alpha value is -1.25. The van der Waals surface area contributed by atoms with Crippen LogP contribution in [-0.4, -0.2) is 114 Å². The van der Waals surface area contributed by atoms with Gasteiger partial charge in [0.25, 0.3) is 0 Å². The molecule has 11 heteroatoms. The van der Waals surface area contributed by atoms with Gasteiger partial charge < -0.3 is 50.3 Å². The van der Waals surface area contributed by atoms with E-state index in [4.69, 9.17) is 9.47 Å². The van der Waals surface area contributed by atoms with Crippen molar-refractivity contribution in [3.05, 3.63) is 23.3 Å². The first-order valence-corrected chi connectivity index (χ1v) is 17.3. The molecular formula is C36H58O11. The van der Waals surface area contributed by atoms with Gasteiger partial charge in [0.15, 0.2) is 6.29 Å². The molecule has 0 radical (unpaired) electrons. The zero-order valence-corrected chi connectivity index (χ0v) is 29.0. The van der Waals surface area contributed by atoms with Crippen molar-refractivity contribution in [3.63, 3.8) is 0 Å². The Bertz CT molecular complexity index is 1260. The van der Waals surface area contributed by atoms with E-state index in [2.05, 4.69) is 13.0 Å². The summed E-state index contributed by atoms with van der Waals surface area (Å²) in [5.74, 6) is -1.02. The minimum atomic E-state index is -1.63. The number of carbonyl (C=O) groups excluding carboxylic acids is 1. The highest BCUT2D eigenvalue weighted by Gasteiger charge is 2.74. The molecule has 11 nitrogen and oxygen atoms in total. The van der Waals surface area contributed by atoms with Gasteiger partial charge in [0.05, 0.1) is 37.1 Å². The van der Waals surface area contributed by atoms with Gasteiger partial charge in [0.2, 0.25) is 0 Å². The first-order chi connectivity index (χ1) is 21.7. The van der Waals surface area contributed by atoms with E-state index in [9.17, 15) is 45.6 Å². The fourth-order valence-electron chi connectivity index (χ4n) is 10.9. The highest BCUT2D eigenvalue weighted by atomic mass is 16.7. The molecule has 1 aliphatic heterocycles. The van der Waals surface area contributed by atoms with E-state index in [0.29, 0.717) is 25.7 Å². The number of fused-ring (bicyclic) bond motifs is 5. The predicted octanol–water partition coefficient (Wildman–Crippen LogP) is 1.37. The molecular weight excluding hydrogens is 608 g/mol. The van der Waals surface area contributed by atoms with Crippen LogP contribution in [0.5, 0.6) is 0 Å². The second kappa shape index (κ2) is 12.5. The standard InChI is InChI=1S/C36H58O11/c1-18(16-37)9-8-12-35(6,45)29-21(39)14-33(4)24-11-10-19-20(36(24,7)25(40)15-34(29,33)5)13-22(30(44)32(19,2)3)46-31-28(43)27(42)26(41)23(17-38)47-31/h9-10,20-24,26-31,37-39,41-45H,8,11-17H2,1-7H3/b18-9+/t20-,21?,22?,23-,24+,26-,27+,28-,29+,30?,31-,33+,34-,35+,36+/m1/s1. The average Bonchev–Trinajstić information content (AvgIpc) is 3.20. The van der Waals surface area contributed by atoms with Crippen molar-refractivity contribution in [2.75, 3.05) is 13.2 Å². The summed E-state index contributed by atoms with van der Waals surface area (Å²) in [6, 6.07) is 0. The molecule has 1 heterocycles. The number of hydrogen-bond acceptors (Lipinski definition) is 11. The topological polar surface area (TPSA) is 197 Å². The van der Waals surface area contributed by atoms with Gasteiger partial charge in [-0.05, 0) is 68.6 Å². The van der Waals surface area contributed by atoms with Crippen molar-refractivity contribution < 1.29 is 55.1 Å². The SMILES string of the molecule is C/C(=C\CC[C@](C)(O)[C@H]1C(O)C[C@@]2(C)[C@@H]3CC=C4[C@@H](CC(O[C@@H]5O[C@H](CO)[C@@H](O)[C@H](O)[C@H]5O)C(O)C4(C)C)[C@]3(C)C(=O)C[C@]12C)CO. The lowest BCUT2D eigenvalue weighted by atomic mass is 9.38. The summed E-state index contributed by atoms with van der Waals surface area (Å²) in [5, 5.41) is 85.7. The van der Waals surface area contributed by atoms with E-state index in [-0.39, 0.29) is 37.1 Å². The molecule has 4 aliphatic carbocycles. The van der Waals surface area contributed by atoms with Gasteiger partial charge in [-0.2, -0.15) is 0 Å². The van der Waals surface area contributed by atoms with Crippen LogP contribution in [0.1, 0.15) is 87.0 Å². The number of hydrogen-bond donors (Lipinski definition) is 8. The van der Waals surface area contributed by atoms with Gasteiger partial charge >= 0.3 is 0 Å². The van der Waals surface area contributed by atoms with Crippen LogP contribution in [0.2, 0.25) is 0 Å². The number of rotatable bonds is 8. The number of carbonyl (C=O) groups is 1. The normalized spacial score (nSPS) is 49.4. The maximum absolute atomic E-state index is 14.7. The van der Waals surface area contributed by atoms with Crippen molar-refractivity contribution in [1.29, 1.82) is 0 Å². The van der Waals surface area contributed by atoms with E-state index in [1.807, 2.05) is 40.7 Å². The van der Waals surface area contributed by atoms with Crippen LogP contribution in [0, 0.1) is 39.4 Å². The molecule has 268 valence electrons. The number of allylic oxidation sites excluding steroid dienone is 2. The lowest BCUT2D eigenvalue weighted by molar-refractivity contribution is -0.323. The molecule has 5 rings (SSSR count). The van der Waals surface area contributed by atoms with Crippen molar-refractivity contribution in [1.82, 2.24) is 0 Å². The van der Waals surface area contributed by atoms with Crippen molar-refractivity contribution >= 4 is 5.78 Å². The van der Waals surface area contributed by atoms with Crippen molar-refractivity contribution in [2.24, 2.45) is 39.4 Å². The van der Waals surface area contributed by atoms with E-state index in [0.717, 1.165) is 11.1 Å². The Morgan fingerprint density at radius 1 is 1.04 bits per heavy atom. The van der Waals surface area contributed by atoms with Crippen LogP contribution >= 0.6 is 0 Å². The quantitative estimate of drug-likeness (QED) is 0.174. The number of Topliss-reactive ketones (excluding diaryl/α,β-unsaturated/α-hetero) is 1. The Kier molecular flexibility index (Phi) is 9.85. The van der Waals surface area contributed by atoms with E-state index in [1.54, 1.807) is 6.92 Å². The first-order valence-electron chi connectivity index (χ1n) is 17.3. The summed E-state index contributed by atoms with van der Waals surface area (Å²) < 4.78 is 11.8. The summed E-state index contributed by atoms with van der Waals surface area (Å²) in [6.45, 7) is 12.9. The van der Waals surface area contributed by atoms with Gasteiger partial charge in [0, 0.05) is 23.2 Å². The van der Waals surface area contributed by atoms with Crippen LogP contribution in [0.15, 0.2) is 23.3 Å². The fourth-order valence-corrected chi connectivity index (χ4v) is 10.9. The summed E-state index contributed by atoms with van der Waals surface area (Å²) in [4.78, 5) is 14.7. The van der Waals surface area contributed by atoms with E-state index < -0.39 is 88.8 Å². The van der Waals surface area contributed by atoms with Gasteiger partial charge in [-0.1, -0.05) is 57.9 Å². The Labute approximate surface area is 278 Å². The maximum atomic E-state index is 14.7. The highest BCUT2D eigenvalue weighted by Crippen LogP contribution is 2.74. The van der Waals surface area contributed by atoms with Crippen molar-refractivity contribution in [3.8, 4) is 0 Å². The largest absolute Gasteiger partial charge is 0.394 e. The summed E-state index contributed by atoms with van der Waals surface area (Å²) in [7, 11) is 0. The second-order valence-electron chi connectivity index (χ2n) is 16.8. The van der Waals surface area contributed by atoms with Gasteiger partial charge in [-0.25, -0.2) is 0 Å². The van der Waals surface area contributed by atoms with Crippen LogP contribution in [0.3, 0.4) is 0 Å². The lowest BCUT2D eigenvalue weighted by Crippen LogP contribution is -2.66. The van der Waals surface area contributed by atoms with E-state index in [1.165, 1.54) is 0 Å². The van der Waals surface area contributed by atoms with Crippen LogP contribution in [-0.2, 0) is 14.3 Å². The third-order valence-electron chi connectivity index (χ3n) is 13.8. The molecule has 47 heavy (non-hydrogen) atoms. The predicted molar refractivity (Wildman–Crippen MR) is 171 cm³/mol. The van der Waals surface area contributed by atoms with Crippen LogP contribution in [0.25, 0.3) is 0 Å². The summed E-state index contributed by atoms with van der Waals surface area (Å²) in [5.41, 5.74) is -2.40. The molecule has 0 bridgehead atoms. The Balaban J connectivity index is 1.48. The zero-order valence-electron chi connectivity index (χ0n) is 29.0. The second-order valence-corrected chi connectivity index (χ2v) is 16.8. The minimum absolute atomic E-state index is 0.0442. The first kappa shape index (κ1) is 37.0. The average molecular weight is 667 g/mol. The zero-order chi connectivity index (χ0) is 35.1.